The molecule has 0 bridgehead atoms. The summed E-state index contributed by atoms with van der Waals surface area (Å²) in [5, 5.41) is 3.34. The fourth-order valence-corrected chi connectivity index (χ4v) is 1.68. The Bertz CT molecular complexity index is 373. The third-order valence-electron chi connectivity index (χ3n) is 2.62. The molecule has 4 heteroatoms. The molecule has 0 heterocycles. The maximum atomic E-state index is 5.90. The summed E-state index contributed by atoms with van der Waals surface area (Å²) in [6, 6.07) is 5.99. The van der Waals surface area contributed by atoms with Gasteiger partial charge in [0.1, 0.15) is 0 Å². The van der Waals surface area contributed by atoms with Crippen LogP contribution in [0.5, 0.6) is 11.5 Å². The second-order valence-electron chi connectivity index (χ2n) is 5.10. The normalized spacial score (nSPS) is 11.4. The molecule has 1 rings (SSSR count). The van der Waals surface area contributed by atoms with Crippen molar-refractivity contribution in [1.29, 1.82) is 0 Å². The first-order valence-corrected chi connectivity index (χ1v) is 6.17. The standard InChI is InChI=1S/C14H24N2O2/c1-14(2,15)10-16-8-7-11-5-6-12(17-3)13(9-11)18-4/h5-6,9,16H,7-8,10,15H2,1-4H3. The van der Waals surface area contributed by atoms with Crippen LogP contribution in [-0.2, 0) is 6.42 Å². The Hall–Kier alpha value is -1.26. The number of nitrogens with one attached hydrogen (secondary N) is 1. The third kappa shape index (κ3) is 4.94. The quantitative estimate of drug-likeness (QED) is 0.723. The number of nitrogens with two attached hydrogens (primary N) is 1. The van der Waals surface area contributed by atoms with Crippen molar-refractivity contribution in [1.82, 2.24) is 5.32 Å². The van der Waals surface area contributed by atoms with E-state index in [4.69, 9.17) is 15.2 Å². The van der Waals surface area contributed by atoms with Crippen molar-refractivity contribution in [2.75, 3.05) is 27.3 Å². The lowest BCUT2D eigenvalue weighted by Gasteiger charge is -2.19. The molecule has 1 aromatic carbocycles. The number of benzene rings is 1. The molecule has 0 fully saturated rings. The van der Waals surface area contributed by atoms with Crippen molar-refractivity contribution < 1.29 is 9.47 Å². The van der Waals surface area contributed by atoms with Crippen LogP contribution >= 0.6 is 0 Å². The zero-order valence-corrected chi connectivity index (χ0v) is 11.7. The van der Waals surface area contributed by atoms with Gasteiger partial charge in [-0.2, -0.15) is 0 Å². The Balaban J connectivity index is 2.48. The van der Waals surface area contributed by atoms with Gasteiger partial charge < -0.3 is 20.5 Å². The van der Waals surface area contributed by atoms with E-state index >= 15 is 0 Å². The van der Waals surface area contributed by atoms with Gasteiger partial charge in [0.05, 0.1) is 14.2 Å². The Labute approximate surface area is 109 Å². The zero-order chi connectivity index (χ0) is 13.6. The molecule has 0 atom stereocenters. The molecule has 0 radical (unpaired) electrons. The highest BCUT2D eigenvalue weighted by atomic mass is 16.5. The lowest BCUT2D eigenvalue weighted by atomic mass is 10.1. The van der Waals surface area contributed by atoms with Crippen LogP contribution in [0, 0.1) is 0 Å². The predicted octanol–water partition coefficient (Wildman–Crippen LogP) is 1.57. The van der Waals surface area contributed by atoms with Gasteiger partial charge in [-0.25, -0.2) is 0 Å². The van der Waals surface area contributed by atoms with Gasteiger partial charge in [-0.3, -0.25) is 0 Å². The molecule has 0 saturated heterocycles. The number of hydrogen-bond donors (Lipinski definition) is 2. The molecule has 0 aliphatic rings. The highest BCUT2D eigenvalue weighted by Crippen LogP contribution is 2.27. The van der Waals surface area contributed by atoms with Crippen molar-refractivity contribution in [3.8, 4) is 11.5 Å². The third-order valence-corrected chi connectivity index (χ3v) is 2.62. The first kappa shape index (κ1) is 14.8. The molecular formula is C14H24N2O2. The first-order chi connectivity index (χ1) is 8.46. The minimum absolute atomic E-state index is 0.169. The molecule has 0 aliphatic heterocycles. The Morgan fingerprint density at radius 1 is 1.17 bits per heavy atom. The van der Waals surface area contributed by atoms with E-state index in [1.54, 1.807) is 14.2 Å². The Kier molecular flexibility index (Phi) is 5.44. The molecule has 0 aliphatic carbocycles. The van der Waals surface area contributed by atoms with Crippen LogP contribution < -0.4 is 20.5 Å². The van der Waals surface area contributed by atoms with Crippen LogP contribution in [0.1, 0.15) is 19.4 Å². The minimum Gasteiger partial charge on any atom is -0.493 e. The van der Waals surface area contributed by atoms with Gasteiger partial charge in [0.2, 0.25) is 0 Å². The monoisotopic (exact) mass is 252 g/mol. The summed E-state index contributed by atoms with van der Waals surface area (Å²) >= 11 is 0. The molecule has 0 spiro atoms. The summed E-state index contributed by atoms with van der Waals surface area (Å²) in [4.78, 5) is 0. The Morgan fingerprint density at radius 2 is 1.83 bits per heavy atom. The molecule has 0 amide bonds. The predicted molar refractivity (Wildman–Crippen MR) is 74.4 cm³/mol. The fraction of sp³-hybridized carbons (Fsp3) is 0.571. The van der Waals surface area contributed by atoms with Crippen molar-refractivity contribution in [3.05, 3.63) is 23.8 Å². The van der Waals surface area contributed by atoms with Gasteiger partial charge in [-0.1, -0.05) is 6.07 Å². The molecule has 3 N–H and O–H groups in total. The van der Waals surface area contributed by atoms with Crippen molar-refractivity contribution >= 4 is 0 Å². The molecule has 4 nitrogen and oxygen atoms in total. The zero-order valence-electron chi connectivity index (χ0n) is 11.7. The number of ether oxygens (including phenoxy) is 2. The van der Waals surface area contributed by atoms with E-state index in [1.165, 1.54) is 5.56 Å². The van der Waals surface area contributed by atoms with Crippen LogP contribution in [-0.4, -0.2) is 32.8 Å². The van der Waals surface area contributed by atoms with Crippen LogP contribution in [0.2, 0.25) is 0 Å². The smallest absolute Gasteiger partial charge is 0.160 e. The number of methoxy groups -OCH3 is 2. The average molecular weight is 252 g/mol. The van der Waals surface area contributed by atoms with Gasteiger partial charge in [0.25, 0.3) is 0 Å². The van der Waals surface area contributed by atoms with Crippen molar-refractivity contribution in [2.45, 2.75) is 25.8 Å². The molecule has 1 aromatic rings. The van der Waals surface area contributed by atoms with E-state index in [-0.39, 0.29) is 5.54 Å². The second kappa shape index (κ2) is 6.61. The van der Waals surface area contributed by atoms with Crippen LogP contribution in [0.25, 0.3) is 0 Å². The van der Waals surface area contributed by atoms with Gasteiger partial charge >= 0.3 is 0 Å². The van der Waals surface area contributed by atoms with E-state index < -0.39 is 0 Å². The summed E-state index contributed by atoms with van der Waals surface area (Å²) in [5.41, 5.74) is 6.95. The van der Waals surface area contributed by atoms with E-state index in [0.717, 1.165) is 31.0 Å². The topological polar surface area (TPSA) is 56.5 Å². The largest absolute Gasteiger partial charge is 0.493 e. The van der Waals surface area contributed by atoms with Crippen LogP contribution in [0.4, 0.5) is 0 Å². The van der Waals surface area contributed by atoms with Gasteiger partial charge in [-0.05, 0) is 44.5 Å². The lowest BCUT2D eigenvalue weighted by Crippen LogP contribution is -2.43. The van der Waals surface area contributed by atoms with Gasteiger partial charge in [-0.15, -0.1) is 0 Å². The SMILES string of the molecule is COc1ccc(CCNCC(C)(C)N)cc1OC. The molecule has 0 saturated carbocycles. The number of hydrogen-bond acceptors (Lipinski definition) is 4. The molecule has 102 valence electrons. The maximum Gasteiger partial charge on any atom is 0.160 e. The highest BCUT2D eigenvalue weighted by molar-refractivity contribution is 5.42. The van der Waals surface area contributed by atoms with Crippen LogP contribution in [0.3, 0.4) is 0 Å². The summed E-state index contributed by atoms with van der Waals surface area (Å²) < 4.78 is 10.5. The average Bonchev–Trinajstić information content (AvgIpc) is 2.33. The lowest BCUT2D eigenvalue weighted by molar-refractivity contribution is 0.354. The van der Waals surface area contributed by atoms with E-state index in [2.05, 4.69) is 11.4 Å². The highest BCUT2D eigenvalue weighted by Gasteiger charge is 2.09. The fourth-order valence-electron chi connectivity index (χ4n) is 1.68. The Morgan fingerprint density at radius 3 is 2.39 bits per heavy atom. The van der Waals surface area contributed by atoms with Gasteiger partial charge in [0.15, 0.2) is 11.5 Å². The summed E-state index contributed by atoms with van der Waals surface area (Å²) in [7, 11) is 3.29. The molecule has 18 heavy (non-hydrogen) atoms. The van der Waals surface area contributed by atoms with Gasteiger partial charge in [0, 0.05) is 12.1 Å². The summed E-state index contributed by atoms with van der Waals surface area (Å²) in [5.74, 6) is 1.53. The van der Waals surface area contributed by atoms with Crippen molar-refractivity contribution in [2.24, 2.45) is 5.73 Å². The summed E-state index contributed by atoms with van der Waals surface area (Å²) in [6.45, 7) is 5.73. The first-order valence-electron chi connectivity index (χ1n) is 6.17. The number of rotatable bonds is 7. The van der Waals surface area contributed by atoms with E-state index in [1.807, 2.05) is 26.0 Å². The molecule has 0 aromatic heterocycles. The summed E-state index contributed by atoms with van der Waals surface area (Å²) in [6.07, 6.45) is 0.941. The van der Waals surface area contributed by atoms with Crippen LogP contribution in [0.15, 0.2) is 18.2 Å². The van der Waals surface area contributed by atoms with E-state index in [9.17, 15) is 0 Å². The van der Waals surface area contributed by atoms with Crippen molar-refractivity contribution in [3.63, 3.8) is 0 Å². The molecular weight excluding hydrogens is 228 g/mol. The second-order valence-corrected chi connectivity index (χ2v) is 5.10. The molecule has 0 unspecified atom stereocenters. The van der Waals surface area contributed by atoms with E-state index in [0.29, 0.717) is 0 Å². The minimum atomic E-state index is -0.169. The maximum absolute atomic E-state index is 5.90.